The summed E-state index contributed by atoms with van der Waals surface area (Å²) in [5.41, 5.74) is 1.95. The summed E-state index contributed by atoms with van der Waals surface area (Å²) in [6.45, 7) is 5.95. The van der Waals surface area contributed by atoms with E-state index < -0.39 is 0 Å². The minimum atomic E-state index is -0.314. The Morgan fingerprint density at radius 3 is 2.56 bits per heavy atom. The van der Waals surface area contributed by atoms with Gasteiger partial charge < -0.3 is 15.3 Å². The monoisotopic (exact) mass is 439 g/mol. The normalized spacial score (nSPS) is 23.4. The number of carboxylic acid groups (broad SMARTS) is 1. The van der Waals surface area contributed by atoms with E-state index in [0.29, 0.717) is 6.54 Å². The lowest BCUT2D eigenvalue weighted by molar-refractivity contribution is -0.145. The quantitative estimate of drug-likeness (QED) is 0.688. The van der Waals surface area contributed by atoms with Crippen LogP contribution in [-0.2, 0) is 22.7 Å². The third-order valence-electron chi connectivity index (χ3n) is 6.54. The number of likely N-dealkylation sites (tertiary alicyclic amines) is 2. The number of hydrogen-bond acceptors (Lipinski definition) is 6. The standard InChI is InChI=1S/C23H31N5O.CH2O2/c1-18-24-14-20(15-25-18)16-28-11-6-9-23(10-12-27(2)17-21(23)28)22(29)26-13-19-7-4-3-5-8-19;2-1-3/h3-5,7-8,14-15,21H,6,9-13,16-17H2,1-2H3,(H,26,29);1H,(H,2,3)/t21-,23+;/m0./s1. The van der Waals surface area contributed by atoms with Crippen LogP contribution in [0.3, 0.4) is 0 Å². The molecule has 2 aliphatic heterocycles. The van der Waals surface area contributed by atoms with Crippen LogP contribution in [0.4, 0.5) is 0 Å². The number of benzene rings is 1. The molecule has 4 rings (SSSR count). The molecule has 2 saturated heterocycles. The Labute approximate surface area is 189 Å². The van der Waals surface area contributed by atoms with Crippen LogP contribution < -0.4 is 5.32 Å². The van der Waals surface area contributed by atoms with Gasteiger partial charge in [0.1, 0.15) is 5.82 Å². The fourth-order valence-corrected chi connectivity index (χ4v) is 4.89. The second kappa shape index (κ2) is 11.2. The van der Waals surface area contributed by atoms with E-state index in [9.17, 15) is 4.79 Å². The van der Waals surface area contributed by atoms with Gasteiger partial charge in [0.2, 0.25) is 5.91 Å². The Hall–Kier alpha value is -2.84. The van der Waals surface area contributed by atoms with E-state index in [1.165, 1.54) is 0 Å². The molecule has 1 aromatic carbocycles. The van der Waals surface area contributed by atoms with Gasteiger partial charge in [-0.2, -0.15) is 0 Å². The summed E-state index contributed by atoms with van der Waals surface area (Å²) in [7, 11) is 2.16. The molecule has 2 fully saturated rings. The topological polar surface area (TPSA) is 98.7 Å². The number of rotatable bonds is 5. The maximum atomic E-state index is 13.5. The Kier molecular flexibility index (Phi) is 8.30. The van der Waals surface area contributed by atoms with E-state index in [0.717, 1.165) is 62.4 Å². The molecule has 0 saturated carbocycles. The molecule has 0 radical (unpaired) electrons. The third kappa shape index (κ3) is 5.69. The van der Waals surface area contributed by atoms with Gasteiger partial charge in [-0.3, -0.25) is 14.5 Å². The molecule has 8 heteroatoms. The Morgan fingerprint density at radius 1 is 1.19 bits per heavy atom. The number of carbonyl (C=O) groups is 2. The van der Waals surface area contributed by atoms with Crippen LogP contribution in [-0.4, -0.2) is 70.0 Å². The molecule has 2 atom stereocenters. The molecule has 3 heterocycles. The van der Waals surface area contributed by atoms with Gasteiger partial charge in [0, 0.05) is 43.6 Å². The Bertz CT molecular complexity index is 877. The van der Waals surface area contributed by atoms with Crippen molar-refractivity contribution in [1.29, 1.82) is 0 Å². The molecule has 1 aromatic heterocycles. The molecule has 172 valence electrons. The maximum Gasteiger partial charge on any atom is 0.290 e. The van der Waals surface area contributed by atoms with Crippen LogP contribution in [0.5, 0.6) is 0 Å². The highest BCUT2D eigenvalue weighted by Gasteiger charge is 2.52. The molecule has 0 spiro atoms. The maximum absolute atomic E-state index is 13.5. The largest absolute Gasteiger partial charge is 0.483 e. The van der Waals surface area contributed by atoms with E-state index in [1.54, 1.807) is 0 Å². The van der Waals surface area contributed by atoms with Crippen molar-refractivity contribution in [1.82, 2.24) is 25.1 Å². The number of aryl methyl sites for hydroxylation is 1. The number of carbonyl (C=O) groups excluding carboxylic acids is 1. The average Bonchev–Trinajstić information content (AvgIpc) is 2.80. The number of aromatic nitrogens is 2. The molecular weight excluding hydrogens is 406 g/mol. The van der Waals surface area contributed by atoms with Crippen LogP contribution in [0.1, 0.15) is 36.2 Å². The second-order valence-electron chi connectivity index (χ2n) is 8.67. The molecular formula is C24H33N5O3. The number of fused-ring (bicyclic) bond motifs is 1. The SMILES string of the molecule is Cc1ncc(CN2CCC[C@@]3(C(=O)NCc4ccccc4)CCN(C)C[C@H]23)cn1.O=CO. The van der Waals surface area contributed by atoms with Crippen molar-refractivity contribution in [3.05, 3.63) is 59.7 Å². The van der Waals surface area contributed by atoms with Gasteiger partial charge in [-0.05, 0) is 51.9 Å². The van der Waals surface area contributed by atoms with Crippen molar-refractivity contribution in [2.24, 2.45) is 5.41 Å². The number of piperidine rings is 2. The summed E-state index contributed by atoms with van der Waals surface area (Å²) in [6.07, 6.45) is 6.76. The highest BCUT2D eigenvalue weighted by Crippen LogP contribution is 2.43. The van der Waals surface area contributed by atoms with Crippen LogP contribution in [0.25, 0.3) is 0 Å². The van der Waals surface area contributed by atoms with Crippen molar-refractivity contribution >= 4 is 12.4 Å². The van der Waals surface area contributed by atoms with E-state index in [-0.39, 0.29) is 23.8 Å². The first-order valence-electron chi connectivity index (χ1n) is 11.1. The van der Waals surface area contributed by atoms with E-state index in [2.05, 4.69) is 44.3 Å². The minimum absolute atomic E-state index is 0.212. The van der Waals surface area contributed by atoms with Gasteiger partial charge in [0.15, 0.2) is 0 Å². The van der Waals surface area contributed by atoms with Gasteiger partial charge in [-0.15, -0.1) is 0 Å². The average molecular weight is 440 g/mol. The van der Waals surface area contributed by atoms with Crippen LogP contribution in [0, 0.1) is 12.3 Å². The lowest BCUT2D eigenvalue weighted by atomic mass is 9.67. The number of nitrogens with one attached hydrogen (secondary N) is 1. The fraction of sp³-hybridized carbons (Fsp3) is 0.500. The zero-order chi connectivity index (χ0) is 23.0. The first-order chi connectivity index (χ1) is 15.5. The first kappa shape index (κ1) is 23.8. The summed E-state index contributed by atoms with van der Waals surface area (Å²) in [5, 5.41) is 10.1. The summed E-state index contributed by atoms with van der Waals surface area (Å²) >= 11 is 0. The predicted molar refractivity (Wildman–Crippen MR) is 122 cm³/mol. The molecule has 0 aliphatic carbocycles. The van der Waals surface area contributed by atoms with Crippen molar-refractivity contribution in [3.8, 4) is 0 Å². The molecule has 0 unspecified atom stereocenters. The summed E-state index contributed by atoms with van der Waals surface area (Å²) in [6, 6.07) is 10.4. The van der Waals surface area contributed by atoms with E-state index >= 15 is 0 Å². The molecule has 32 heavy (non-hydrogen) atoms. The minimum Gasteiger partial charge on any atom is -0.483 e. The zero-order valence-electron chi connectivity index (χ0n) is 18.9. The zero-order valence-corrected chi connectivity index (χ0v) is 18.9. The number of likely N-dealkylation sites (N-methyl/N-ethyl adjacent to an activating group) is 1. The van der Waals surface area contributed by atoms with Crippen LogP contribution >= 0.6 is 0 Å². The molecule has 2 N–H and O–H groups in total. The molecule has 2 aliphatic rings. The summed E-state index contributed by atoms with van der Waals surface area (Å²) in [4.78, 5) is 35.4. The summed E-state index contributed by atoms with van der Waals surface area (Å²) < 4.78 is 0. The lowest BCUT2D eigenvalue weighted by Gasteiger charge is -2.53. The van der Waals surface area contributed by atoms with E-state index in [4.69, 9.17) is 9.90 Å². The molecule has 2 aromatic rings. The fourth-order valence-electron chi connectivity index (χ4n) is 4.89. The van der Waals surface area contributed by atoms with Gasteiger partial charge >= 0.3 is 0 Å². The Balaban J connectivity index is 0.000000913. The van der Waals surface area contributed by atoms with Crippen molar-refractivity contribution in [2.75, 3.05) is 26.7 Å². The first-order valence-corrected chi connectivity index (χ1v) is 11.1. The number of nitrogens with zero attached hydrogens (tertiary/aromatic N) is 4. The van der Waals surface area contributed by atoms with Crippen molar-refractivity contribution in [3.63, 3.8) is 0 Å². The highest BCUT2D eigenvalue weighted by atomic mass is 16.3. The smallest absolute Gasteiger partial charge is 0.290 e. The highest BCUT2D eigenvalue weighted by molar-refractivity contribution is 5.84. The second-order valence-corrected chi connectivity index (χ2v) is 8.67. The van der Waals surface area contributed by atoms with E-state index in [1.807, 2.05) is 37.5 Å². The van der Waals surface area contributed by atoms with Gasteiger partial charge in [-0.1, -0.05) is 30.3 Å². The van der Waals surface area contributed by atoms with Crippen LogP contribution in [0.15, 0.2) is 42.7 Å². The molecule has 8 nitrogen and oxygen atoms in total. The van der Waals surface area contributed by atoms with Gasteiger partial charge in [0.05, 0.1) is 5.41 Å². The van der Waals surface area contributed by atoms with Gasteiger partial charge in [0.25, 0.3) is 6.47 Å². The Morgan fingerprint density at radius 2 is 1.88 bits per heavy atom. The van der Waals surface area contributed by atoms with Crippen molar-refractivity contribution < 1.29 is 14.7 Å². The lowest BCUT2D eigenvalue weighted by Crippen LogP contribution is -2.65. The van der Waals surface area contributed by atoms with Crippen LogP contribution in [0.2, 0.25) is 0 Å². The van der Waals surface area contributed by atoms with Crippen molar-refractivity contribution in [2.45, 2.75) is 45.3 Å². The predicted octanol–water partition coefficient (Wildman–Crippen LogP) is 2.09. The summed E-state index contributed by atoms with van der Waals surface area (Å²) in [5.74, 6) is 1.00. The molecule has 0 bridgehead atoms. The molecule has 1 amide bonds. The number of hydrogen-bond donors (Lipinski definition) is 2. The number of amides is 1. The third-order valence-corrected chi connectivity index (χ3v) is 6.54. The van der Waals surface area contributed by atoms with Gasteiger partial charge in [-0.25, -0.2) is 9.97 Å².